The van der Waals surface area contributed by atoms with Crippen LogP contribution in [0.1, 0.15) is 29.2 Å². The number of amides is 1. The summed E-state index contributed by atoms with van der Waals surface area (Å²) < 4.78 is 5.08. The molecule has 0 spiro atoms. The van der Waals surface area contributed by atoms with E-state index >= 15 is 0 Å². The summed E-state index contributed by atoms with van der Waals surface area (Å²) in [6.07, 6.45) is -2.29. The van der Waals surface area contributed by atoms with Gasteiger partial charge in [0.1, 0.15) is 12.7 Å². The van der Waals surface area contributed by atoms with Crippen LogP contribution in [-0.4, -0.2) is 29.0 Å². The maximum Gasteiger partial charge on any atom is 0.407 e. The molecule has 6 heteroatoms. The van der Waals surface area contributed by atoms with Crippen LogP contribution in [0.2, 0.25) is 0 Å². The first-order valence-corrected chi connectivity index (χ1v) is 9.18. The van der Waals surface area contributed by atoms with Crippen molar-refractivity contribution < 1.29 is 19.7 Å². The van der Waals surface area contributed by atoms with E-state index in [-0.39, 0.29) is 19.6 Å². The summed E-state index contributed by atoms with van der Waals surface area (Å²) in [4.78, 5) is 11.6. The molecule has 0 aliphatic rings. The van der Waals surface area contributed by atoms with Crippen LogP contribution in [-0.2, 0) is 16.7 Å². The maximum absolute atomic E-state index is 11.6. The number of halogens is 1. The topological polar surface area (TPSA) is 78.8 Å². The van der Waals surface area contributed by atoms with Gasteiger partial charge in [0.05, 0.1) is 6.10 Å². The van der Waals surface area contributed by atoms with Gasteiger partial charge in [-0.3, -0.25) is 0 Å². The Kier molecular flexibility index (Phi) is 7.91. The first kappa shape index (κ1) is 19.4. The number of rotatable bonds is 8. The molecule has 0 saturated heterocycles. The van der Waals surface area contributed by atoms with Crippen molar-refractivity contribution in [3.8, 4) is 0 Å². The zero-order valence-electron chi connectivity index (χ0n) is 13.8. The highest BCUT2D eigenvalue weighted by atomic mass is 79.9. The van der Waals surface area contributed by atoms with Gasteiger partial charge in [-0.2, -0.15) is 0 Å². The first-order valence-electron chi connectivity index (χ1n) is 8.05. The third-order valence-corrected chi connectivity index (χ3v) is 4.41. The molecular formula is C19H22BrNO4. The zero-order chi connectivity index (χ0) is 18.1. The van der Waals surface area contributed by atoms with Gasteiger partial charge in [0.25, 0.3) is 0 Å². The van der Waals surface area contributed by atoms with Gasteiger partial charge in [-0.1, -0.05) is 70.5 Å². The molecule has 2 aromatic rings. The molecule has 0 heterocycles. The zero-order valence-corrected chi connectivity index (χ0v) is 15.4. The molecule has 2 unspecified atom stereocenters. The molecule has 0 aliphatic heterocycles. The van der Waals surface area contributed by atoms with E-state index in [1.807, 2.05) is 42.5 Å². The predicted molar refractivity (Wildman–Crippen MR) is 99.3 cm³/mol. The number of hydrogen-bond acceptors (Lipinski definition) is 4. The van der Waals surface area contributed by atoms with E-state index < -0.39 is 18.3 Å². The van der Waals surface area contributed by atoms with Crippen molar-refractivity contribution in [3.05, 3.63) is 71.3 Å². The number of alkyl carbamates (subject to hydrolysis) is 1. The molecule has 0 aliphatic carbocycles. The molecule has 2 aromatic carbocycles. The smallest absolute Gasteiger partial charge is 0.407 e. The fraction of sp³-hybridized carbons (Fsp3) is 0.316. The van der Waals surface area contributed by atoms with Crippen molar-refractivity contribution in [1.29, 1.82) is 0 Å². The fourth-order valence-electron chi connectivity index (χ4n) is 2.28. The van der Waals surface area contributed by atoms with Crippen LogP contribution in [0.15, 0.2) is 54.6 Å². The van der Waals surface area contributed by atoms with Gasteiger partial charge in [0.2, 0.25) is 0 Å². The van der Waals surface area contributed by atoms with Gasteiger partial charge in [-0.25, -0.2) is 4.79 Å². The lowest BCUT2D eigenvalue weighted by molar-refractivity contribution is 0.0136. The average Bonchev–Trinajstić information content (AvgIpc) is 2.66. The van der Waals surface area contributed by atoms with Crippen LogP contribution in [0.3, 0.4) is 0 Å². The molecule has 3 N–H and O–H groups in total. The normalized spacial score (nSPS) is 13.1. The van der Waals surface area contributed by atoms with E-state index in [4.69, 9.17) is 4.74 Å². The molecule has 5 nitrogen and oxygen atoms in total. The van der Waals surface area contributed by atoms with Crippen molar-refractivity contribution >= 4 is 22.0 Å². The molecule has 2 rings (SSSR count). The molecule has 2 atom stereocenters. The Labute approximate surface area is 155 Å². The highest BCUT2D eigenvalue weighted by molar-refractivity contribution is 9.08. The van der Waals surface area contributed by atoms with Crippen molar-refractivity contribution in [3.63, 3.8) is 0 Å². The van der Waals surface area contributed by atoms with E-state index in [1.54, 1.807) is 12.1 Å². The molecule has 25 heavy (non-hydrogen) atoms. The second-order valence-corrected chi connectivity index (χ2v) is 6.23. The lowest BCUT2D eigenvalue weighted by Crippen LogP contribution is -2.29. The third kappa shape index (κ3) is 6.49. The number of ether oxygens (including phenoxy) is 1. The predicted octanol–water partition coefficient (Wildman–Crippen LogP) is 3.29. The Bertz CT molecular complexity index is 648. The van der Waals surface area contributed by atoms with Crippen molar-refractivity contribution in [2.24, 2.45) is 0 Å². The lowest BCUT2D eigenvalue weighted by Gasteiger charge is -2.18. The van der Waals surface area contributed by atoms with Gasteiger partial charge in [0, 0.05) is 11.9 Å². The standard InChI is InChI=1S/C19H22BrNO4/c20-12-14-6-8-16(9-7-14)18(23)17(22)10-11-21-19(24)25-13-15-4-2-1-3-5-15/h1-9,17-18,22-23H,10-13H2,(H,21,24). The van der Waals surface area contributed by atoms with Crippen LogP contribution in [0.25, 0.3) is 0 Å². The number of carbonyl (C=O) groups is 1. The number of benzene rings is 2. The number of alkyl halides is 1. The molecule has 0 radical (unpaired) electrons. The second-order valence-electron chi connectivity index (χ2n) is 5.66. The van der Waals surface area contributed by atoms with E-state index in [0.29, 0.717) is 5.56 Å². The Morgan fingerprint density at radius 1 is 1.04 bits per heavy atom. The number of aliphatic hydroxyl groups excluding tert-OH is 2. The summed E-state index contributed by atoms with van der Waals surface area (Å²) in [6, 6.07) is 16.7. The van der Waals surface area contributed by atoms with E-state index in [0.717, 1.165) is 16.5 Å². The molecule has 1 amide bonds. The summed E-state index contributed by atoms with van der Waals surface area (Å²) >= 11 is 3.36. The fourth-order valence-corrected chi connectivity index (χ4v) is 2.65. The molecule has 134 valence electrons. The quantitative estimate of drug-likeness (QED) is 0.586. The van der Waals surface area contributed by atoms with Gasteiger partial charge < -0.3 is 20.3 Å². The van der Waals surface area contributed by atoms with Crippen LogP contribution < -0.4 is 5.32 Å². The highest BCUT2D eigenvalue weighted by Crippen LogP contribution is 2.20. The Morgan fingerprint density at radius 3 is 2.36 bits per heavy atom. The van der Waals surface area contributed by atoms with E-state index in [2.05, 4.69) is 21.2 Å². The number of nitrogens with one attached hydrogen (secondary N) is 1. The number of carbonyl (C=O) groups excluding carboxylic acids is 1. The molecule has 0 fully saturated rings. The number of aliphatic hydroxyl groups is 2. The summed E-state index contributed by atoms with van der Waals surface area (Å²) in [5.41, 5.74) is 2.64. The van der Waals surface area contributed by atoms with Crippen LogP contribution >= 0.6 is 15.9 Å². The van der Waals surface area contributed by atoms with Crippen molar-refractivity contribution in [2.45, 2.75) is 30.6 Å². The molecule has 0 saturated carbocycles. The van der Waals surface area contributed by atoms with Gasteiger partial charge in [-0.15, -0.1) is 0 Å². The summed E-state index contributed by atoms with van der Waals surface area (Å²) in [5, 5.41) is 23.5. The minimum atomic E-state index is -0.994. The van der Waals surface area contributed by atoms with Gasteiger partial charge >= 0.3 is 6.09 Å². The lowest BCUT2D eigenvalue weighted by atomic mass is 10.0. The van der Waals surface area contributed by atoms with E-state index in [9.17, 15) is 15.0 Å². The van der Waals surface area contributed by atoms with Gasteiger partial charge in [-0.05, 0) is 23.1 Å². The minimum Gasteiger partial charge on any atom is -0.445 e. The Balaban J connectivity index is 1.69. The van der Waals surface area contributed by atoms with Crippen molar-refractivity contribution in [1.82, 2.24) is 5.32 Å². The summed E-state index contributed by atoms with van der Waals surface area (Å²) in [5.74, 6) is 0. The minimum absolute atomic E-state index is 0.192. The maximum atomic E-state index is 11.6. The second kappa shape index (κ2) is 10.2. The molecular weight excluding hydrogens is 386 g/mol. The van der Waals surface area contributed by atoms with Crippen LogP contribution in [0, 0.1) is 0 Å². The van der Waals surface area contributed by atoms with Crippen LogP contribution in [0.5, 0.6) is 0 Å². The average molecular weight is 408 g/mol. The van der Waals surface area contributed by atoms with Crippen LogP contribution in [0.4, 0.5) is 4.79 Å². The molecule has 0 aromatic heterocycles. The summed E-state index contributed by atoms with van der Waals surface area (Å²) in [6.45, 7) is 0.406. The SMILES string of the molecule is O=C(NCCC(O)C(O)c1ccc(CBr)cc1)OCc1ccccc1. The summed E-state index contributed by atoms with van der Waals surface area (Å²) in [7, 11) is 0. The largest absolute Gasteiger partial charge is 0.445 e. The third-order valence-electron chi connectivity index (χ3n) is 3.76. The van der Waals surface area contributed by atoms with Crippen molar-refractivity contribution in [2.75, 3.05) is 6.54 Å². The Hall–Kier alpha value is -1.89. The Morgan fingerprint density at radius 2 is 1.72 bits per heavy atom. The number of hydrogen-bond donors (Lipinski definition) is 3. The van der Waals surface area contributed by atoms with E-state index in [1.165, 1.54) is 0 Å². The highest BCUT2D eigenvalue weighted by Gasteiger charge is 2.18. The monoisotopic (exact) mass is 407 g/mol. The van der Waals surface area contributed by atoms with Gasteiger partial charge in [0.15, 0.2) is 0 Å². The molecule has 0 bridgehead atoms. The first-order chi connectivity index (χ1) is 12.1.